The Balaban J connectivity index is 0.00000107. The first-order valence-corrected chi connectivity index (χ1v) is 14.4. The van der Waals surface area contributed by atoms with Crippen LogP contribution in [0.2, 0.25) is 5.02 Å². The van der Waals surface area contributed by atoms with E-state index in [0.717, 1.165) is 24.3 Å². The number of benzene rings is 2. The minimum atomic E-state index is -4.62. The largest absolute Gasteiger partial charge is 0.456 e. The lowest BCUT2D eigenvalue weighted by Crippen LogP contribution is -2.29. The molecule has 40 heavy (non-hydrogen) atoms. The molecule has 2 rings (SSSR count). The van der Waals surface area contributed by atoms with E-state index in [2.05, 4.69) is 10.3 Å². The summed E-state index contributed by atoms with van der Waals surface area (Å²) in [4.78, 5) is 40.8. The minimum absolute atomic E-state index is 0.189. The molecule has 0 fully saturated rings. The van der Waals surface area contributed by atoms with Gasteiger partial charge in [-0.2, -0.15) is 13.2 Å². The number of sulfonamides is 1. The van der Waals surface area contributed by atoms with E-state index in [1.165, 1.54) is 6.92 Å². The molecule has 14 nitrogen and oxygen atoms in total. The number of nitrogens with two attached hydrogens (primary N) is 2. The third-order valence-electron chi connectivity index (χ3n) is 3.76. The molecule has 0 heterocycles. The zero-order valence-electron chi connectivity index (χ0n) is 21.1. The van der Waals surface area contributed by atoms with Crippen molar-refractivity contribution in [3.05, 3.63) is 62.7 Å². The van der Waals surface area contributed by atoms with E-state index in [1.807, 2.05) is 13.8 Å². The summed E-state index contributed by atoms with van der Waals surface area (Å²) in [5, 5.41) is 10.7. The van der Waals surface area contributed by atoms with Gasteiger partial charge < -0.3 is 21.1 Å². The number of hydrogen-bond donors (Lipinski definition) is 4. The zero-order valence-corrected chi connectivity index (χ0v) is 23.6. The van der Waals surface area contributed by atoms with E-state index in [1.54, 1.807) is 4.72 Å². The fraction of sp³-hybridized carbons (Fsp3) is 0.300. The number of nitro groups is 1. The molecule has 2 aromatic carbocycles. The van der Waals surface area contributed by atoms with Crippen molar-refractivity contribution in [1.82, 2.24) is 4.72 Å². The van der Waals surface area contributed by atoms with Crippen LogP contribution in [-0.4, -0.2) is 42.3 Å². The molecule has 0 saturated carbocycles. The number of primary amides is 1. The van der Waals surface area contributed by atoms with Crippen LogP contribution >= 0.6 is 19.2 Å². The summed E-state index contributed by atoms with van der Waals surface area (Å²) in [6, 6.07) is 5.09. The number of nitrogens with one attached hydrogen (secondary N) is 1. The molecule has 2 amide bonds. The molecular formula is C20H25ClF3N4O10PS. The minimum Gasteiger partial charge on any atom is -0.456 e. The summed E-state index contributed by atoms with van der Waals surface area (Å²) >= 11 is 5.76. The van der Waals surface area contributed by atoms with Crippen LogP contribution in [0.25, 0.3) is 0 Å². The molecule has 20 heteroatoms. The highest BCUT2D eigenvalue weighted by Crippen LogP contribution is 2.42. The summed E-state index contributed by atoms with van der Waals surface area (Å²) in [5.74, 6) is -1.68. The second-order valence-corrected chi connectivity index (χ2v) is 10.9. The quantitative estimate of drug-likeness (QED) is 0.138. The summed E-state index contributed by atoms with van der Waals surface area (Å²) < 4.78 is 81.9. The van der Waals surface area contributed by atoms with Crippen molar-refractivity contribution in [2.45, 2.75) is 33.2 Å². The highest BCUT2D eigenvalue weighted by molar-refractivity contribution is 7.89. The molecule has 0 bridgehead atoms. The number of alkyl halides is 3. The van der Waals surface area contributed by atoms with Crippen LogP contribution in [0, 0.1) is 10.1 Å². The highest BCUT2D eigenvalue weighted by Gasteiger charge is 2.31. The number of ether oxygens (including phenoxy) is 1. The molecule has 0 radical (unpaired) electrons. The van der Waals surface area contributed by atoms with E-state index in [4.69, 9.17) is 27.0 Å². The first-order valence-electron chi connectivity index (χ1n) is 10.6. The molecule has 2 aromatic rings. The van der Waals surface area contributed by atoms with Crippen LogP contribution in [-0.2, 0) is 25.3 Å². The molecule has 0 aliphatic heterocycles. The number of carbonyl (C=O) groups excluding carboxylic acids is 2. The Labute approximate surface area is 231 Å². The van der Waals surface area contributed by atoms with Gasteiger partial charge in [0.1, 0.15) is 23.3 Å². The number of carbonyl (C=O) groups is 2. The molecule has 0 aliphatic carbocycles. The molecule has 2 unspecified atom stereocenters. The Bertz CT molecular complexity index is 1390. The van der Waals surface area contributed by atoms with E-state index in [9.17, 15) is 45.9 Å². The first kappa shape index (κ1) is 36.7. The van der Waals surface area contributed by atoms with Gasteiger partial charge in [0.05, 0.1) is 21.8 Å². The Hall–Kier alpha value is -3.28. The molecule has 0 saturated heterocycles. The number of amides is 2. The van der Waals surface area contributed by atoms with Crippen LogP contribution in [0.3, 0.4) is 0 Å². The summed E-state index contributed by atoms with van der Waals surface area (Å²) in [6.45, 7) is 5.31. The smallest absolute Gasteiger partial charge is 0.416 e. The van der Waals surface area contributed by atoms with Gasteiger partial charge in [0, 0.05) is 12.1 Å². The summed E-state index contributed by atoms with van der Waals surface area (Å²) in [7, 11) is -8.31. The Morgan fingerprint density at radius 3 is 2.12 bits per heavy atom. The average Bonchev–Trinajstić information content (AvgIpc) is 2.79. The van der Waals surface area contributed by atoms with Crippen LogP contribution < -0.4 is 20.9 Å². The molecule has 2 atom stereocenters. The Morgan fingerprint density at radius 1 is 1.20 bits per heavy atom. The molecule has 0 aromatic heterocycles. The zero-order chi connectivity index (χ0) is 31.6. The van der Waals surface area contributed by atoms with Crippen molar-refractivity contribution in [1.29, 1.82) is 0 Å². The van der Waals surface area contributed by atoms with Crippen molar-refractivity contribution in [3.63, 3.8) is 0 Å². The maximum absolute atomic E-state index is 12.7. The standard InChI is InChI=1S/C15H10ClF3N2O6S.C3H9N2O4P.C2H6/c1-28(25,26)20-14(22)10-7-9(3-4-12(10)21(23)24)27-13-5-2-8(6-11(13)16)15(17,18)19;1-2(4)9-10(7,8)3(5)6;1-2/h2-7H,1H3,(H,20,22);2H,4H2,1H3,(H2,5,6)(H,7,8);1-2H3. The Kier molecular flexibility index (Phi) is 13.7. The van der Waals surface area contributed by atoms with Crippen LogP contribution in [0.1, 0.15) is 36.7 Å². The van der Waals surface area contributed by atoms with Crippen LogP contribution in [0.4, 0.5) is 23.7 Å². The normalized spacial score (nSPS) is 13.2. The molecule has 224 valence electrons. The van der Waals surface area contributed by atoms with Gasteiger partial charge in [-0.3, -0.25) is 24.2 Å². The van der Waals surface area contributed by atoms with Gasteiger partial charge in [-0.1, -0.05) is 25.4 Å². The molecule has 0 aliphatic rings. The third-order valence-corrected chi connectivity index (χ3v) is 5.79. The maximum Gasteiger partial charge on any atom is 0.416 e. The van der Waals surface area contributed by atoms with Crippen molar-refractivity contribution < 1.29 is 54.8 Å². The van der Waals surface area contributed by atoms with Gasteiger partial charge in [-0.25, -0.2) is 17.7 Å². The molecule has 0 spiro atoms. The topological polar surface area (TPSA) is 231 Å². The van der Waals surface area contributed by atoms with Gasteiger partial charge in [0.15, 0.2) is 0 Å². The third kappa shape index (κ3) is 12.3. The van der Waals surface area contributed by atoms with Gasteiger partial charge in [0.25, 0.3) is 11.6 Å². The number of halogens is 4. The molecular weight excluding hydrogens is 612 g/mol. The number of rotatable bonds is 8. The second kappa shape index (κ2) is 14.9. The van der Waals surface area contributed by atoms with Gasteiger partial charge >= 0.3 is 19.4 Å². The van der Waals surface area contributed by atoms with Gasteiger partial charge in [0.2, 0.25) is 10.0 Å². The fourth-order valence-electron chi connectivity index (χ4n) is 2.31. The first-order chi connectivity index (χ1) is 18.1. The van der Waals surface area contributed by atoms with E-state index in [-0.39, 0.29) is 11.5 Å². The van der Waals surface area contributed by atoms with Crippen LogP contribution in [0.15, 0.2) is 36.4 Å². The van der Waals surface area contributed by atoms with E-state index >= 15 is 0 Å². The summed E-state index contributed by atoms with van der Waals surface area (Å²) in [6.07, 6.45) is -4.92. The highest BCUT2D eigenvalue weighted by atomic mass is 35.5. The monoisotopic (exact) mass is 636 g/mol. The molecule has 6 N–H and O–H groups in total. The van der Waals surface area contributed by atoms with Crippen molar-refractivity contribution in [3.8, 4) is 11.5 Å². The number of nitrogens with zero attached hydrogens (tertiary/aromatic N) is 1. The van der Waals surface area contributed by atoms with Gasteiger partial charge in [-0.05, 0) is 31.2 Å². The fourth-order valence-corrected chi connectivity index (χ4v) is 3.53. The summed E-state index contributed by atoms with van der Waals surface area (Å²) in [5.41, 5.74) is 5.70. The lowest BCUT2D eigenvalue weighted by molar-refractivity contribution is -0.385. The SMILES string of the molecule is CC.CC(N)OP(=O)(O)C(N)=O.CS(=O)(=O)NC(=O)c1cc(Oc2ccc(C(F)(F)F)cc2Cl)ccc1[N+](=O)[O-]. The van der Waals surface area contributed by atoms with E-state index in [0.29, 0.717) is 18.4 Å². The second-order valence-electron chi connectivity index (χ2n) is 7.05. The predicted molar refractivity (Wildman–Crippen MR) is 137 cm³/mol. The van der Waals surface area contributed by atoms with Crippen molar-refractivity contribution >= 4 is 46.5 Å². The van der Waals surface area contributed by atoms with Gasteiger partial charge in [-0.15, -0.1) is 0 Å². The van der Waals surface area contributed by atoms with E-state index < -0.39 is 68.3 Å². The Morgan fingerprint density at radius 2 is 1.75 bits per heavy atom. The van der Waals surface area contributed by atoms with Crippen LogP contribution in [0.5, 0.6) is 11.5 Å². The average molecular weight is 637 g/mol. The predicted octanol–water partition coefficient (Wildman–Crippen LogP) is 4.35. The van der Waals surface area contributed by atoms with Crippen molar-refractivity contribution in [2.24, 2.45) is 11.5 Å². The number of hydrogen-bond acceptors (Lipinski definition) is 10. The lowest BCUT2D eigenvalue weighted by atomic mass is 10.1. The number of nitro benzene ring substituents is 1. The van der Waals surface area contributed by atoms with Crippen molar-refractivity contribution in [2.75, 3.05) is 6.26 Å². The lowest BCUT2D eigenvalue weighted by Gasteiger charge is -2.12. The maximum atomic E-state index is 12.7.